The summed E-state index contributed by atoms with van der Waals surface area (Å²) in [5.74, 6) is -0.0760. The molecule has 73 heavy (non-hydrogen) atoms. The minimum atomic E-state index is -0.851. The predicted octanol–water partition coefficient (Wildman–Crippen LogP) is 20.8. The van der Waals surface area contributed by atoms with Crippen LogP contribution < -0.4 is 5.32 Å². The number of carbonyl (C=O) groups is 2. The molecule has 2 unspecified atom stereocenters. The Morgan fingerprint density at radius 1 is 0.370 bits per heavy atom. The summed E-state index contributed by atoms with van der Waals surface area (Å²) in [5, 5.41) is 23.2. The fourth-order valence-electron chi connectivity index (χ4n) is 10.1. The Kier molecular flexibility index (Phi) is 61.0. The summed E-state index contributed by atoms with van der Waals surface area (Å²) < 4.78 is 5.48. The molecule has 0 spiro atoms. The van der Waals surface area contributed by atoms with E-state index >= 15 is 0 Å². The molecule has 0 fully saturated rings. The molecule has 0 aromatic heterocycles. The number of rotatable bonds is 61. The molecule has 0 heterocycles. The van der Waals surface area contributed by atoms with Crippen LogP contribution in [0.15, 0.2) is 36.5 Å². The first-order chi connectivity index (χ1) is 36.0. The number of aliphatic hydroxyl groups excluding tert-OH is 2. The number of nitrogens with one attached hydrogen (secondary N) is 1. The van der Waals surface area contributed by atoms with E-state index in [1.165, 1.54) is 276 Å². The summed E-state index contributed by atoms with van der Waals surface area (Å²) in [4.78, 5) is 24.6. The van der Waals surface area contributed by atoms with Gasteiger partial charge in [-0.1, -0.05) is 294 Å². The Morgan fingerprint density at radius 2 is 0.644 bits per heavy atom. The van der Waals surface area contributed by atoms with Crippen molar-refractivity contribution in [1.82, 2.24) is 5.32 Å². The second-order valence-corrected chi connectivity index (χ2v) is 22.4. The van der Waals surface area contributed by atoms with E-state index in [0.717, 1.165) is 51.4 Å². The standard InChI is InChI=1S/C67H127NO5/c1-3-5-7-9-11-13-15-17-19-20-21-22-25-28-32-35-39-43-47-51-55-59-65(70)64(63-69)68-66(71)60-56-52-48-44-40-36-33-29-26-23-24-27-30-34-38-42-46-50-54-58-62-73-67(72)61-57-53-49-45-41-37-31-18-16-14-12-10-8-6-4-2/h18,23,26,31,55,59,64-65,69-70H,3-17,19-22,24-25,27-30,32-54,56-58,60-63H2,1-2H3,(H,68,71)/b26-23-,31-18-,59-55+. The number of hydrogen-bond donors (Lipinski definition) is 3. The number of amides is 1. The van der Waals surface area contributed by atoms with E-state index in [9.17, 15) is 19.8 Å². The second-order valence-electron chi connectivity index (χ2n) is 22.4. The van der Waals surface area contributed by atoms with Crippen molar-refractivity contribution in [3.05, 3.63) is 36.5 Å². The van der Waals surface area contributed by atoms with E-state index in [4.69, 9.17) is 4.74 Å². The van der Waals surface area contributed by atoms with Crippen LogP contribution in [-0.2, 0) is 14.3 Å². The topological polar surface area (TPSA) is 95.9 Å². The molecule has 3 N–H and O–H groups in total. The van der Waals surface area contributed by atoms with Gasteiger partial charge in [0.25, 0.3) is 0 Å². The average molecular weight is 1030 g/mol. The third-order valence-electron chi connectivity index (χ3n) is 15.1. The molecule has 0 radical (unpaired) electrons. The second kappa shape index (κ2) is 62.6. The molecule has 430 valence electrons. The summed E-state index contributed by atoms with van der Waals surface area (Å²) in [5.41, 5.74) is 0. The molecule has 0 aliphatic rings. The summed E-state index contributed by atoms with van der Waals surface area (Å²) in [6.07, 6.45) is 79.0. The van der Waals surface area contributed by atoms with Gasteiger partial charge in [-0.25, -0.2) is 0 Å². The van der Waals surface area contributed by atoms with Crippen LogP contribution in [0.2, 0.25) is 0 Å². The third-order valence-corrected chi connectivity index (χ3v) is 15.1. The highest BCUT2D eigenvalue weighted by Gasteiger charge is 2.18. The molecular weight excluding hydrogens is 899 g/mol. The van der Waals surface area contributed by atoms with Crippen LogP contribution in [0.5, 0.6) is 0 Å². The highest BCUT2D eigenvalue weighted by atomic mass is 16.5. The normalized spacial score (nSPS) is 12.8. The summed E-state index contributed by atoms with van der Waals surface area (Å²) in [6.45, 7) is 4.91. The quantitative estimate of drug-likeness (QED) is 0.0320. The molecule has 6 nitrogen and oxygen atoms in total. The van der Waals surface area contributed by atoms with Crippen molar-refractivity contribution in [1.29, 1.82) is 0 Å². The molecule has 2 atom stereocenters. The van der Waals surface area contributed by atoms with Crippen LogP contribution in [0, 0.1) is 0 Å². The minimum Gasteiger partial charge on any atom is -0.466 e. The van der Waals surface area contributed by atoms with Crippen molar-refractivity contribution >= 4 is 11.9 Å². The van der Waals surface area contributed by atoms with Crippen molar-refractivity contribution in [2.45, 2.75) is 366 Å². The lowest BCUT2D eigenvalue weighted by atomic mass is 10.0. The first-order valence-corrected chi connectivity index (χ1v) is 32.8. The lowest BCUT2D eigenvalue weighted by molar-refractivity contribution is -0.143. The van der Waals surface area contributed by atoms with Gasteiger partial charge >= 0.3 is 5.97 Å². The molecule has 0 rings (SSSR count). The summed E-state index contributed by atoms with van der Waals surface area (Å²) in [6, 6.07) is -0.636. The molecule has 0 aliphatic heterocycles. The van der Waals surface area contributed by atoms with E-state index in [1.54, 1.807) is 6.08 Å². The van der Waals surface area contributed by atoms with Crippen LogP contribution >= 0.6 is 0 Å². The maximum Gasteiger partial charge on any atom is 0.305 e. The number of carbonyl (C=O) groups excluding carboxylic acids is 2. The minimum absolute atomic E-state index is 0.00205. The molecule has 0 bridgehead atoms. The van der Waals surface area contributed by atoms with E-state index in [-0.39, 0.29) is 18.5 Å². The fraction of sp³-hybridized carbons (Fsp3) is 0.881. The van der Waals surface area contributed by atoms with Gasteiger partial charge in [-0.05, 0) is 83.5 Å². The predicted molar refractivity (Wildman–Crippen MR) is 319 cm³/mol. The Morgan fingerprint density at radius 3 is 0.973 bits per heavy atom. The van der Waals surface area contributed by atoms with Crippen molar-refractivity contribution in [2.75, 3.05) is 13.2 Å². The number of unbranched alkanes of at least 4 members (excludes halogenated alkanes) is 46. The van der Waals surface area contributed by atoms with Crippen LogP contribution in [0.4, 0.5) is 0 Å². The molecule has 0 aromatic carbocycles. The first-order valence-electron chi connectivity index (χ1n) is 32.8. The highest BCUT2D eigenvalue weighted by Crippen LogP contribution is 2.17. The summed E-state index contributed by atoms with van der Waals surface area (Å²) in [7, 11) is 0. The zero-order valence-corrected chi connectivity index (χ0v) is 49.1. The van der Waals surface area contributed by atoms with Gasteiger partial charge in [0, 0.05) is 12.8 Å². The first kappa shape index (κ1) is 71.1. The van der Waals surface area contributed by atoms with E-state index in [2.05, 4.69) is 43.5 Å². The Balaban J connectivity index is 3.46. The maximum atomic E-state index is 12.5. The lowest BCUT2D eigenvalue weighted by Gasteiger charge is -2.20. The van der Waals surface area contributed by atoms with Gasteiger partial charge in [0.15, 0.2) is 0 Å². The smallest absolute Gasteiger partial charge is 0.305 e. The van der Waals surface area contributed by atoms with Gasteiger partial charge in [-0.3, -0.25) is 9.59 Å². The number of esters is 1. The number of allylic oxidation sites excluding steroid dienone is 5. The monoisotopic (exact) mass is 1030 g/mol. The van der Waals surface area contributed by atoms with Gasteiger partial charge < -0.3 is 20.3 Å². The maximum absolute atomic E-state index is 12.5. The van der Waals surface area contributed by atoms with Crippen LogP contribution in [-0.4, -0.2) is 47.4 Å². The molecule has 0 saturated heterocycles. The average Bonchev–Trinajstić information content (AvgIpc) is 3.39. The largest absolute Gasteiger partial charge is 0.466 e. The van der Waals surface area contributed by atoms with Crippen LogP contribution in [0.1, 0.15) is 354 Å². The number of aliphatic hydroxyl groups is 2. The van der Waals surface area contributed by atoms with Gasteiger partial charge in [0.2, 0.25) is 5.91 Å². The van der Waals surface area contributed by atoms with E-state index in [1.807, 2.05) is 6.08 Å². The lowest BCUT2D eigenvalue weighted by Crippen LogP contribution is -2.45. The van der Waals surface area contributed by atoms with Crippen molar-refractivity contribution in [3.63, 3.8) is 0 Å². The van der Waals surface area contributed by atoms with Crippen molar-refractivity contribution in [3.8, 4) is 0 Å². The number of hydrogen-bond acceptors (Lipinski definition) is 5. The molecule has 0 aromatic rings. The molecular formula is C67H127NO5. The van der Waals surface area contributed by atoms with Crippen LogP contribution in [0.25, 0.3) is 0 Å². The Hall–Kier alpha value is -1.92. The van der Waals surface area contributed by atoms with Crippen molar-refractivity contribution in [2.24, 2.45) is 0 Å². The van der Waals surface area contributed by atoms with E-state index in [0.29, 0.717) is 19.4 Å². The van der Waals surface area contributed by atoms with Gasteiger partial charge in [0.1, 0.15) is 0 Å². The molecule has 1 amide bonds. The summed E-state index contributed by atoms with van der Waals surface area (Å²) >= 11 is 0. The van der Waals surface area contributed by atoms with Crippen molar-refractivity contribution < 1.29 is 24.5 Å². The zero-order valence-electron chi connectivity index (χ0n) is 49.1. The molecule has 6 heteroatoms. The van der Waals surface area contributed by atoms with Gasteiger partial charge in [-0.15, -0.1) is 0 Å². The fourth-order valence-corrected chi connectivity index (χ4v) is 10.1. The Bertz CT molecular complexity index is 1180. The number of ether oxygens (including phenoxy) is 1. The van der Waals surface area contributed by atoms with Crippen LogP contribution in [0.3, 0.4) is 0 Å². The van der Waals surface area contributed by atoms with Gasteiger partial charge in [-0.2, -0.15) is 0 Å². The Labute approximate surface area is 455 Å². The van der Waals surface area contributed by atoms with E-state index < -0.39 is 12.1 Å². The van der Waals surface area contributed by atoms with Gasteiger partial charge in [0.05, 0.1) is 25.4 Å². The molecule has 0 saturated carbocycles. The third kappa shape index (κ3) is 59.2. The highest BCUT2D eigenvalue weighted by molar-refractivity contribution is 5.76. The molecule has 0 aliphatic carbocycles. The zero-order chi connectivity index (χ0) is 52.9. The SMILES string of the molecule is CCCCCCCC/C=C\CCCCCCCC(=O)OCCCCCCCCCCC/C=C\CCCCCCCCCC(=O)NC(CO)C(O)/C=C/CCCCCCCCCCCCCCCCCCCCC.